The molecular formula is C11H14ClNO. The van der Waals surface area contributed by atoms with E-state index in [0.29, 0.717) is 10.6 Å². The Hall–Kier alpha value is -0.860. The lowest BCUT2D eigenvalue weighted by Crippen LogP contribution is -2.27. The van der Waals surface area contributed by atoms with E-state index in [9.17, 15) is 4.79 Å². The normalized spacial score (nSPS) is 12.6. The van der Waals surface area contributed by atoms with Gasteiger partial charge in [-0.15, -0.1) is 0 Å². The Morgan fingerprint density at radius 2 is 2.00 bits per heavy atom. The number of hydrogen-bond donors (Lipinski definition) is 1. The van der Waals surface area contributed by atoms with Gasteiger partial charge in [0.15, 0.2) is 5.78 Å². The van der Waals surface area contributed by atoms with Crippen LogP contribution in [0.25, 0.3) is 0 Å². The molecule has 1 rings (SSSR count). The second-order valence-electron chi connectivity index (χ2n) is 3.52. The van der Waals surface area contributed by atoms with Crippen LogP contribution in [0.15, 0.2) is 12.1 Å². The molecule has 0 saturated heterocycles. The largest absolute Gasteiger partial charge is 0.321 e. The smallest absolute Gasteiger partial charge is 0.180 e. The fourth-order valence-corrected chi connectivity index (χ4v) is 1.61. The van der Waals surface area contributed by atoms with Crippen molar-refractivity contribution < 1.29 is 4.79 Å². The zero-order valence-electron chi connectivity index (χ0n) is 8.60. The number of rotatable bonds is 2. The van der Waals surface area contributed by atoms with Crippen LogP contribution in [-0.2, 0) is 0 Å². The van der Waals surface area contributed by atoms with Crippen LogP contribution in [0.5, 0.6) is 0 Å². The number of aryl methyl sites for hydroxylation is 1. The Kier molecular flexibility index (Phi) is 3.29. The molecule has 3 heteroatoms. The number of hydrogen-bond acceptors (Lipinski definition) is 2. The molecule has 1 atom stereocenters. The molecule has 0 aliphatic carbocycles. The number of halogens is 1. The monoisotopic (exact) mass is 211 g/mol. The zero-order chi connectivity index (χ0) is 10.9. The number of benzene rings is 1. The van der Waals surface area contributed by atoms with Gasteiger partial charge in [-0.3, -0.25) is 4.79 Å². The molecule has 1 aromatic rings. The van der Waals surface area contributed by atoms with Gasteiger partial charge >= 0.3 is 0 Å². The molecule has 1 aromatic carbocycles. The number of Topliss-reactive ketones (excluding diaryl/α,β-unsaturated/α-hetero) is 1. The van der Waals surface area contributed by atoms with Gasteiger partial charge < -0.3 is 5.73 Å². The standard InChI is InChI=1S/C11H14ClNO/c1-6-4-5-9(12)10(7(6)2)11(14)8(3)13/h4-5,8H,13H2,1-3H3. The molecule has 0 spiro atoms. The summed E-state index contributed by atoms with van der Waals surface area (Å²) in [4.78, 5) is 11.7. The lowest BCUT2D eigenvalue weighted by atomic mass is 9.97. The van der Waals surface area contributed by atoms with Crippen molar-refractivity contribution in [3.63, 3.8) is 0 Å². The maximum Gasteiger partial charge on any atom is 0.180 e. The molecule has 0 heterocycles. The Morgan fingerprint density at radius 3 is 2.50 bits per heavy atom. The van der Waals surface area contributed by atoms with Crippen molar-refractivity contribution in [2.45, 2.75) is 26.8 Å². The fourth-order valence-electron chi connectivity index (χ4n) is 1.31. The summed E-state index contributed by atoms with van der Waals surface area (Å²) >= 11 is 5.96. The predicted molar refractivity (Wildman–Crippen MR) is 58.9 cm³/mol. The Labute approximate surface area is 89.1 Å². The summed E-state index contributed by atoms with van der Waals surface area (Å²) < 4.78 is 0. The van der Waals surface area contributed by atoms with E-state index in [-0.39, 0.29) is 5.78 Å². The van der Waals surface area contributed by atoms with Crippen molar-refractivity contribution in [3.05, 3.63) is 33.8 Å². The van der Waals surface area contributed by atoms with Gasteiger partial charge in [-0.2, -0.15) is 0 Å². The summed E-state index contributed by atoms with van der Waals surface area (Å²) in [5, 5.41) is 0.482. The van der Waals surface area contributed by atoms with Crippen LogP contribution in [0.2, 0.25) is 5.02 Å². The van der Waals surface area contributed by atoms with Crippen molar-refractivity contribution in [2.24, 2.45) is 5.73 Å². The van der Waals surface area contributed by atoms with Gasteiger partial charge in [0, 0.05) is 5.56 Å². The molecule has 2 N–H and O–H groups in total. The first-order chi connectivity index (χ1) is 6.45. The van der Waals surface area contributed by atoms with Crippen LogP contribution in [0.1, 0.15) is 28.4 Å². The van der Waals surface area contributed by atoms with Crippen molar-refractivity contribution in [1.29, 1.82) is 0 Å². The van der Waals surface area contributed by atoms with Gasteiger partial charge in [-0.1, -0.05) is 17.7 Å². The second kappa shape index (κ2) is 4.11. The predicted octanol–water partition coefficient (Wildman–Crippen LogP) is 2.49. The quantitative estimate of drug-likeness (QED) is 0.764. The summed E-state index contributed by atoms with van der Waals surface area (Å²) in [5.74, 6) is -0.101. The lowest BCUT2D eigenvalue weighted by molar-refractivity contribution is 0.0967. The highest BCUT2D eigenvalue weighted by molar-refractivity contribution is 6.34. The second-order valence-corrected chi connectivity index (χ2v) is 3.92. The van der Waals surface area contributed by atoms with E-state index in [4.69, 9.17) is 17.3 Å². The molecule has 0 radical (unpaired) electrons. The van der Waals surface area contributed by atoms with Gasteiger partial charge in [-0.05, 0) is 38.0 Å². The van der Waals surface area contributed by atoms with Crippen LogP contribution in [0.3, 0.4) is 0 Å². The van der Waals surface area contributed by atoms with Crippen LogP contribution in [0, 0.1) is 13.8 Å². The molecule has 14 heavy (non-hydrogen) atoms. The molecule has 0 amide bonds. The highest BCUT2D eigenvalue weighted by atomic mass is 35.5. The zero-order valence-corrected chi connectivity index (χ0v) is 9.35. The summed E-state index contributed by atoms with van der Waals surface area (Å²) in [6, 6.07) is 3.13. The molecule has 0 bridgehead atoms. The average Bonchev–Trinajstić information content (AvgIpc) is 2.12. The van der Waals surface area contributed by atoms with E-state index in [1.165, 1.54) is 0 Å². The summed E-state index contributed by atoms with van der Waals surface area (Å²) in [6.45, 7) is 5.50. The highest BCUT2D eigenvalue weighted by Crippen LogP contribution is 2.23. The molecule has 0 saturated carbocycles. The van der Waals surface area contributed by atoms with Crippen molar-refractivity contribution in [2.75, 3.05) is 0 Å². The highest BCUT2D eigenvalue weighted by Gasteiger charge is 2.17. The topological polar surface area (TPSA) is 43.1 Å². The molecular weight excluding hydrogens is 198 g/mol. The molecule has 0 fully saturated rings. The summed E-state index contributed by atoms with van der Waals surface area (Å²) in [7, 11) is 0. The van der Waals surface area contributed by atoms with Crippen molar-refractivity contribution >= 4 is 17.4 Å². The van der Waals surface area contributed by atoms with E-state index < -0.39 is 6.04 Å². The third-order valence-electron chi connectivity index (χ3n) is 2.34. The molecule has 0 aliphatic rings. The summed E-state index contributed by atoms with van der Waals surface area (Å²) in [5.41, 5.74) is 8.08. The van der Waals surface area contributed by atoms with Crippen LogP contribution in [-0.4, -0.2) is 11.8 Å². The minimum atomic E-state index is -0.506. The van der Waals surface area contributed by atoms with Crippen molar-refractivity contribution in [3.8, 4) is 0 Å². The van der Waals surface area contributed by atoms with E-state index >= 15 is 0 Å². The van der Waals surface area contributed by atoms with E-state index in [0.717, 1.165) is 11.1 Å². The van der Waals surface area contributed by atoms with Gasteiger partial charge in [0.25, 0.3) is 0 Å². The minimum absolute atomic E-state index is 0.101. The SMILES string of the molecule is Cc1ccc(Cl)c(C(=O)C(C)N)c1C. The maximum atomic E-state index is 11.7. The fraction of sp³-hybridized carbons (Fsp3) is 0.364. The van der Waals surface area contributed by atoms with Gasteiger partial charge in [-0.25, -0.2) is 0 Å². The molecule has 2 nitrogen and oxygen atoms in total. The third kappa shape index (κ3) is 1.97. The van der Waals surface area contributed by atoms with E-state index in [1.807, 2.05) is 19.9 Å². The lowest BCUT2D eigenvalue weighted by Gasteiger charge is -2.11. The Balaban J connectivity index is 3.33. The van der Waals surface area contributed by atoms with Gasteiger partial charge in [0.1, 0.15) is 0 Å². The number of carbonyl (C=O) groups is 1. The van der Waals surface area contributed by atoms with Gasteiger partial charge in [0.2, 0.25) is 0 Å². The van der Waals surface area contributed by atoms with E-state index in [1.54, 1.807) is 13.0 Å². The molecule has 0 aliphatic heterocycles. The number of ketones is 1. The Bertz CT molecular complexity index is 372. The Morgan fingerprint density at radius 1 is 1.43 bits per heavy atom. The first kappa shape index (κ1) is 11.2. The van der Waals surface area contributed by atoms with E-state index in [2.05, 4.69) is 0 Å². The van der Waals surface area contributed by atoms with Crippen LogP contribution in [0.4, 0.5) is 0 Å². The maximum absolute atomic E-state index is 11.7. The van der Waals surface area contributed by atoms with Gasteiger partial charge in [0.05, 0.1) is 11.1 Å². The van der Waals surface area contributed by atoms with Crippen LogP contribution < -0.4 is 5.73 Å². The molecule has 0 aromatic heterocycles. The first-order valence-corrected chi connectivity index (χ1v) is 4.88. The third-order valence-corrected chi connectivity index (χ3v) is 2.66. The average molecular weight is 212 g/mol. The minimum Gasteiger partial charge on any atom is -0.321 e. The number of nitrogens with two attached hydrogens (primary N) is 1. The van der Waals surface area contributed by atoms with Crippen LogP contribution >= 0.6 is 11.6 Å². The molecule has 1 unspecified atom stereocenters. The molecule has 76 valence electrons. The first-order valence-electron chi connectivity index (χ1n) is 4.50. The summed E-state index contributed by atoms with van der Waals surface area (Å²) in [6.07, 6.45) is 0. The van der Waals surface area contributed by atoms with Crippen molar-refractivity contribution in [1.82, 2.24) is 0 Å². The number of carbonyl (C=O) groups excluding carboxylic acids is 1.